The fourth-order valence-electron chi connectivity index (χ4n) is 2.00. The highest BCUT2D eigenvalue weighted by Crippen LogP contribution is 2.18. The van der Waals surface area contributed by atoms with Gasteiger partial charge in [-0.05, 0) is 42.4 Å². The number of carbonyl (C=O) groups is 1. The van der Waals surface area contributed by atoms with Crippen molar-refractivity contribution in [1.29, 1.82) is 0 Å². The third-order valence-corrected chi connectivity index (χ3v) is 3.44. The van der Waals surface area contributed by atoms with Gasteiger partial charge in [-0.2, -0.15) is 8.78 Å². The number of carbonyl (C=O) groups excluding carboxylic acids is 1. The highest BCUT2D eigenvalue weighted by Gasteiger charge is 2.29. The lowest BCUT2D eigenvalue weighted by Gasteiger charge is -2.12. The molecule has 1 aromatic rings. The van der Waals surface area contributed by atoms with Crippen LogP contribution in [0.3, 0.4) is 0 Å². The van der Waals surface area contributed by atoms with E-state index < -0.39 is 6.61 Å². The number of rotatable bonds is 6. The summed E-state index contributed by atoms with van der Waals surface area (Å²) in [5.74, 6) is -0.102. The van der Waals surface area contributed by atoms with Gasteiger partial charge in [0.15, 0.2) is 5.11 Å². The lowest BCUT2D eigenvalue weighted by molar-refractivity contribution is -0.122. The summed E-state index contributed by atoms with van der Waals surface area (Å²) in [4.78, 5) is 13.7. The Hall–Kier alpha value is -2.02. The maximum atomic E-state index is 12.2. The molecule has 0 unspecified atom stereocenters. The fourth-order valence-corrected chi connectivity index (χ4v) is 2.29. The molecule has 4 nitrogen and oxygen atoms in total. The van der Waals surface area contributed by atoms with Crippen molar-refractivity contribution in [1.82, 2.24) is 10.2 Å². The Morgan fingerprint density at radius 1 is 1.36 bits per heavy atom. The maximum absolute atomic E-state index is 12.2. The van der Waals surface area contributed by atoms with E-state index >= 15 is 0 Å². The predicted molar refractivity (Wildman–Crippen MR) is 83.4 cm³/mol. The van der Waals surface area contributed by atoms with Gasteiger partial charge in [0.05, 0.1) is 0 Å². The Morgan fingerprint density at radius 3 is 2.64 bits per heavy atom. The molecule has 0 spiro atoms. The first-order chi connectivity index (χ1) is 10.5. The van der Waals surface area contributed by atoms with Crippen LogP contribution in [0, 0.1) is 0 Å². The van der Waals surface area contributed by atoms with Crippen molar-refractivity contribution in [2.24, 2.45) is 0 Å². The topological polar surface area (TPSA) is 41.6 Å². The number of hydrogen-bond acceptors (Lipinski definition) is 3. The molecule has 0 radical (unpaired) electrons. The van der Waals surface area contributed by atoms with Crippen LogP contribution < -0.4 is 10.1 Å². The van der Waals surface area contributed by atoms with Crippen LogP contribution in [0.5, 0.6) is 5.75 Å². The van der Waals surface area contributed by atoms with Crippen LogP contribution in [0.25, 0.3) is 6.08 Å². The van der Waals surface area contributed by atoms with E-state index in [1.54, 1.807) is 18.2 Å². The van der Waals surface area contributed by atoms with Crippen molar-refractivity contribution in [2.45, 2.75) is 26.4 Å². The number of amides is 1. The zero-order chi connectivity index (χ0) is 16.1. The van der Waals surface area contributed by atoms with Gasteiger partial charge in [0.1, 0.15) is 11.4 Å². The van der Waals surface area contributed by atoms with Gasteiger partial charge in [0.25, 0.3) is 5.91 Å². The third-order valence-electron chi connectivity index (χ3n) is 3.11. The molecule has 118 valence electrons. The number of alkyl halides is 2. The summed E-state index contributed by atoms with van der Waals surface area (Å²) in [5, 5.41) is 3.27. The number of unbranched alkanes of at least 4 members (excludes halogenated alkanes) is 1. The lowest BCUT2D eigenvalue weighted by atomic mass is 10.2. The Bertz CT molecular complexity index is 588. The molecular formula is C15H16F2N2O2S. The number of hydrogen-bond donors (Lipinski definition) is 1. The van der Waals surface area contributed by atoms with Crippen molar-refractivity contribution in [3.63, 3.8) is 0 Å². The summed E-state index contributed by atoms with van der Waals surface area (Å²) in [6, 6.07) is 6.03. The second-order valence-electron chi connectivity index (χ2n) is 4.75. The first kappa shape index (κ1) is 16.4. The largest absolute Gasteiger partial charge is 0.435 e. The van der Waals surface area contributed by atoms with E-state index in [-0.39, 0.29) is 11.7 Å². The zero-order valence-corrected chi connectivity index (χ0v) is 12.8. The minimum absolute atomic E-state index is 0.0722. The van der Waals surface area contributed by atoms with E-state index in [0.717, 1.165) is 12.8 Å². The van der Waals surface area contributed by atoms with Crippen LogP contribution >= 0.6 is 12.2 Å². The number of nitrogens with zero attached hydrogens (tertiary/aromatic N) is 1. The molecule has 0 atom stereocenters. The molecule has 1 saturated heterocycles. The molecule has 1 amide bonds. The summed E-state index contributed by atoms with van der Waals surface area (Å²) < 4.78 is 28.4. The molecule has 2 rings (SSSR count). The van der Waals surface area contributed by atoms with Crippen molar-refractivity contribution in [2.75, 3.05) is 6.54 Å². The van der Waals surface area contributed by atoms with Crippen LogP contribution in [-0.4, -0.2) is 29.1 Å². The normalized spacial score (nSPS) is 16.5. The molecule has 1 heterocycles. The van der Waals surface area contributed by atoms with E-state index in [2.05, 4.69) is 10.1 Å². The molecule has 1 N–H and O–H groups in total. The van der Waals surface area contributed by atoms with Gasteiger partial charge in [0.2, 0.25) is 0 Å². The molecule has 0 aromatic heterocycles. The van der Waals surface area contributed by atoms with E-state index in [1.807, 2.05) is 6.92 Å². The number of thiocarbonyl (C=S) groups is 1. The number of nitrogens with one attached hydrogen (secondary N) is 1. The molecular weight excluding hydrogens is 310 g/mol. The van der Waals surface area contributed by atoms with E-state index in [9.17, 15) is 13.6 Å². The van der Waals surface area contributed by atoms with Crippen LogP contribution in [0.1, 0.15) is 25.3 Å². The number of halogens is 2. The Labute approximate surface area is 132 Å². The third kappa shape index (κ3) is 4.00. The second-order valence-corrected chi connectivity index (χ2v) is 5.13. The predicted octanol–water partition coefficient (Wildman–Crippen LogP) is 3.15. The smallest absolute Gasteiger partial charge is 0.387 e. The van der Waals surface area contributed by atoms with Crippen molar-refractivity contribution >= 4 is 29.3 Å². The van der Waals surface area contributed by atoms with E-state index in [1.165, 1.54) is 17.0 Å². The molecule has 7 heteroatoms. The minimum atomic E-state index is -2.85. The lowest BCUT2D eigenvalue weighted by Crippen LogP contribution is -2.31. The Balaban J connectivity index is 2.09. The summed E-state index contributed by atoms with van der Waals surface area (Å²) in [5.41, 5.74) is 1.07. The van der Waals surface area contributed by atoms with Crippen LogP contribution in [0.2, 0.25) is 0 Å². The van der Waals surface area contributed by atoms with Gasteiger partial charge in [-0.3, -0.25) is 9.69 Å². The standard InChI is InChI=1S/C15H16F2N2O2S/c1-2-3-8-19-13(20)12(18-15(19)22)9-10-4-6-11(7-5-10)21-14(16)17/h4-7,9,14H,2-3,8H2,1H3,(H,18,22)/b12-9-. The molecule has 0 bridgehead atoms. The average Bonchev–Trinajstić information content (AvgIpc) is 2.73. The van der Waals surface area contributed by atoms with E-state index in [0.29, 0.717) is 22.9 Å². The molecule has 1 aliphatic rings. The highest BCUT2D eigenvalue weighted by atomic mass is 32.1. The van der Waals surface area contributed by atoms with Crippen LogP contribution in [-0.2, 0) is 4.79 Å². The van der Waals surface area contributed by atoms with E-state index in [4.69, 9.17) is 12.2 Å². The van der Waals surface area contributed by atoms with Crippen LogP contribution in [0.4, 0.5) is 8.78 Å². The monoisotopic (exact) mass is 326 g/mol. The van der Waals surface area contributed by atoms with Gasteiger partial charge in [-0.25, -0.2) is 0 Å². The zero-order valence-electron chi connectivity index (χ0n) is 12.0. The summed E-state index contributed by atoms with van der Waals surface area (Å²) in [6.45, 7) is -0.233. The second kappa shape index (κ2) is 7.31. The van der Waals surface area contributed by atoms with Crippen molar-refractivity contribution < 1.29 is 18.3 Å². The summed E-state index contributed by atoms with van der Waals surface area (Å²) in [7, 11) is 0. The SMILES string of the molecule is CCCCN1C(=O)/C(=C/c2ccc(OC(F)F)cc2)NC1=S. The number of ether oxygens (including phenoxy) is 1. The van der Waals surface area contributed by atoms with Crippen molar-refractivity contribution in [3.05, 3.63) is 35.5 Å². The fraction of sp³-hybridized carbons (Fsp3) is 0.333. The molecule has 0 saturated carbocycles. The first-order valence-electron chi connectivity index (χ1n) is 6.90. The molecule has 22 heavy (non-hydrogen) atoms. The highest BCUT2D eigenvalue weighted by molar-refractivity contribution is 7.80. The average molecular weight is 326 g/mol. The maximum Gasteiger partial charge on any atom is 0.387 e. The first-order valence-corrected chi connectivity index (χ1v) is 7.31. The van der Waals surface area contributed by atoms with Gasteiger partial charge >= 0.3 is 6.61 Å². The van der Waals surface area contributed by atoms with Crippen LogP contribution in [0.15, 0.2) is 30.0 Å². The molecule has 0 aliphatic carbocycles. The Kier molecular flexibility index (Phi) is 5.43. The van der Waals surface area contributed by atoms with Gasteiger partial charge in [-0.15, -0.1) is 0 Å². The summed E-state index contributed by atoms with van der Waals surface area (Å²) in [6.07, 6.45) is 3.48. The molecule has 1 aromatic carbocycles. The molecule has 1 aliphatic heterocycles. The van der Waals surface area contributed by atoms with Gasteiger partial charge in [0, 0.05) is 6.54 Å². The van der Waals surface area contributed by atoms with Gasteiger partial charge in [-0.1, -0.05) is 25.5 Å². The van der Waals surface area contributed by atoms with Crippen molar-refractivity contribution in [3.8, 4) is 5.75 Å². The Morgan fingerprint density at radius 2 is 2.05 bits per heavy atom. The quantitative estimate of drug-likeness (QED) is 0.644. The van der Waals surface area contributed by atoms with Gasteiger partial charge < -0.3 is 10.1 Å². The molecule has 1 fully saturated rings. The summed E-state index contributed by atoms with van der Waals surface area (Å²) >= 11 is 5.14. The minimum Gasteiger partial charge on any atom is -0.435 e. The number of benzene rings is 1.